The number of carbonyl (C=O) groups is 1. The highest BCUT2D eigenvalue weighted by Crippen LogP contribution is 2.11. The summed E-state index contributed by atoms with van der Waals surface area (Å²) in [5.74, 6) is -1.57. The number of carbonyl (C=O) groups excluding carboxylic acids is 1. The van der Waals surface area contributed by atoms with Crippen LogP contribution in [0.25, 0.3) is 0 Å². The van der Waals surface area contributed by atoms with E-state index in [1.165, 1.54) is 36.5 Å². The molecule has 1 aromatic carbocycles. The Hall–Kier alpha value is -2.44. The molecule has 3 nitrogen and oxygen atoms in total. The van der Waals surface area contributed by atoms with Crippen LogP contribution >= 0.6 is 0 Å². The van der Waals surface area contributed by atoms with Crippen molar-refractivity contribution in [3.63, 3.8) is 0 Å². The van der Waals surface area contributed by atoms with E-state index >= 15 is 0 Å². The van der Waals surface area contributed by atoms with Crippen molar-refractivity contribution in [2.45, 2.75) is 6.30 Å². The SMILES string of the molecule is Fc1ccccn1.O=C(NC(F)(F)F)c1ccccc1. The zero-order chi connectivity index (χ0) is 15.0. The molecule has 0 unspecified atom stereocenters. The summed E-state index contributed by atoms with van der Waals surface area (Å²) in [7, 11) is 0. The lowest BCUT2D eigenvalue weighted by Crippen LogP contribution is -2.37. The molecule has 2 rings (SSSR count). The highest BCUT2D eigenvalue weighted by Gasteiger charge is 2.30. The Morgan fingerprint density at radius 1 is 1.00 bits per heavy atom. The van der Waals surface area contributed by atoms with E-state index in [1.54, 1.807) is 18.2 Å². The van der Waals surface area contributed by atoms with Gasteiger partial charge in [0.1, 0.15) is 0 Å². The summed E-state index contributed by atoms with van der Waals surface area (Å²) < 4.78 is 46.8. The van der Waals surface area contributed by atoms with Gasteiger partial charge in [0.15, 0.2) is 0 Å². The van der Waals surface area contributed by atoms with Gasteiger partial charge in [-0.3, -0.25) is 10.1 Å². The summed E-state index contributed by atoms with van der Waals surface area (Å²) in [6, 6.07) is 11.8. The number of alkyl halides is 3. The number of nitrogens with one attached hydrogen (secondary N) is 1. The molecule has 0 aliphatic rings. The molecule has 20 heavy (non-hydrogen) atoms. The molecular weight excluding hydrogens is 276 g/mol. The molecule has 2 aromatic rings. The van der Waals surface area contributed by atoms with Crippen LogP contribution in [0.5, 0.6) is 0 Å². The molecule has 1 heterocycles. The van der Waals surface area contributed by atoms with Gasteiger partial charge < -0.3 is 0 Å². The van der Waals surface area contributed by atoms with Gasteiger partial charge in [-0.25, -0.2) is 4.98 Å². The summed E-state index contributed by atoms with van der Waals surface area (Å²) in [5, 5.41) is 0.896. The number of amides is 1. The third-order valence-corrected chi connectivity index (χ3v) is 1.92. The van der Waals surface area contributed by atoms with E-state index in [9.17, 15) is 22.4 Å². The fourth-order valence-electron chi connectivity index (χ4n) is 1.13. The largest absolute Gasteiger partial charge is 0.484 e. The van der Waals surface area contributed by atoms with Crippen molar-refractivity contribution in [2.24, 2.45) is 0 Å². The Morgan fingerprint density at radius 3 is 2.00 bits per heavy atom. The van der Waals surface area contributed by atoms with E-state index in [1.807, 2.05) is 0 Å². The van der Waals surface area contributed by atoms with Gasteiger partial charge >= 0.3 is 6.30 Å². The summed E-state index contributed by atoms with van der Waals surface area (Å²) in [4.78, 5) is 14.1. The maximum Gasteiger partial charge on any atom is 0.484 e. The molecule has 1 aromatic heterocycles. The zero-order valence-corrected chi connectivity index (χ0v) is 10.1. The van der Waals surface area contributed by atoms with Crippen molar-refractivity contribution in [3.8, 4) is 0 Å². The lowest BCUT2D eigenvalue weighted by molar-refractivity contribution is -0.146. The van der Waals surface area contributed by atoms with E-state index in [0.717, 1.165) is 5.32 Å². The van der Waals surface area contributed by atoms with Crippen molar-refractivity contribution < 1.29 is 22.4 Å². The van der Waals surface area contributed by atoms with Crippen molar-refractivity contribution >= 4 is 5.91 Å². The van der Waals surface area contributed by atoms with Crippen LogP contribution in [0.4, 0.5) is 17.6 Å². The van der Waals surface area contributed by atoms with Crippen LogP contribution in [0.15, 0.2) is 54.7 Å². The van der Waals surface area contributed by atoms with Gasteiger partial charge in [0.2, 0.25) is 5.95 Å². The van der Waals surface area contributed by atoms with E-state index in [-0.39, 0.29) is 5.56 Å². The molecular formula is C13H10F4N2O. The average Bonchev–Trinajstić information content (AvgIpc) is 2.39. The smallest absolute Gasteiger partial charge is 0.269 e. The third-order valence-electron chi connectivity index (χ3n) is 1.92. The normalized spacial score (nSPS) is 10.2. The fourth-order valence-corrected chi connectivity index (χ4v) is 1.13. The fraction of sp³-hybridized carbons (Fsp3) is 0.0769. The minimum absolute atomic E-state index is 0.0141. The molecule has 106 valence electrons. The maximum atomic E-state index is 11.8. The van der Waals surface area contributed by atoms with Gasteiger partial charge in [0.05, 0.1) is 0 Å². The molecule has 1 N–H and O–H groups in total. The molecule has 0 radical (unpaired) electrons. The second kappa shape index (κ2) is 7.22. The number of aromatic nitrogens is 1. The van der Waals surface area contributed by atoms with Gasteiger partial charge in [-0.2, -0.15) is 17.6 Å². The first-order valence-electron chi connectivity index (χ1n) is 5.39. The lowest BCUT2D eigenvalue weighted by Gasteiger charge is -2.07. The van der Waals surface area contributed by atoms with Crippen LogP contribution in [0.3, 0.4) is 0 Å². The minimum atomic E-state index is -4.67. The van der Waals surface area contributed by atoms with Crippen LogP contribution in [0, 0.1) is 5.95 Å². The Bertz CT molecular complexity index is 529. The van der Waals surface area contributed by atoms with Gasteiger partial charge in [0, 0.05) is 11.8 Å². The quantitative estimate of drug-likeness (QED) is 0.497. The van der Waals surface area contributed by atoms with Crippen molar-refractivity contribution in [1.82, 2.24) is 10.3 Å². The second-order valence-corrected chi connectivity index (χ2v) is 3.47. The summed E-state index contributed by atoms with van der Waals surface area (Å²) in [6.45, 7) is 0. The standard InChI is InChI=1S/C8H6F3NO.C5H4FN/c9-8(10,11)12-7(13)6-4-2-1-3-5-6;6-5-3-1-2-4-7-5/h1-5H,(H,12,13);1-4H. The van der Waals surface area contributed by atoms with Crippen LogP contribution in [0.2, 0.25) is 0 Å². The third kappa shape index (κ3) is 6.48. The molecule has 0 saturated heterocycles. The first-order valence-corrected chi connectivity index (χ1v) is 5.39. The Balaban J connectivity index is 0.000000240. The number of pyridine rings is 1. The van der Waals surface area contributed by atoms with Crippen LogP contribution < -0.4 is 5.32 Å². The summed E-state index contributed by atoms with van der Waals surface area (Å²) in [6.07, 6.45) is -3.26. The van der Waals surface area contributed by atoms with Crippen LogP contribution in [-0.2, 0) is 0 Å². The molecule has 0 saturated carbocycles. The lowest BCUT2D eigenvalue weighted by atomic mass is 10.2. The highest BCUT2D eigenvalue weighted by atomic mass is 19.4. The van der Waals surface area contributed by atoms with Crippen molar-refractivity contribution in [1.29, 1.82) is 0 Å². The summed E-state index contributed by atoms with van der Waals surface area (Å²) >= 11 is 0. The number of hydrogen-bond donors (Lipinski definition) is 1. The van der Waals surface area contributed by atoms with E-state index in [0.29, 0.717) is 0 Å². The first kappa shape index (κ1) is 15.6. The average molecular weight is 286 g/mol. The number of hydrogen-bond acceptors (Lipinski definition) is 2. The Labute approximate surface area is 112 Å². The molecule has 1 amide bonds. The zero-order valence-electron chi connectivity index (χ0n) is 10.1. The molecule has 0 atom stereocenters. The van der Waals surface area contributed by atoms with Crippen molar-refractivity contribution in [2.75, 3.05) is 0 Å². The summed E-state index contributed by atoms with van der Waals surface area (Å²) in [5.41, 5.74) is -0.0141. The first-order chi connectivity index (χ1) is 9.38. The second-order valence-electron chi connectivity index (χ2n) is 3.47. The molecule has 0 aliphatic carbocycles. The molecule has 0 spiro atoms. The Kier molecular flexibility index (Phi) is 5.64. The monoisotopic (exact) mass is 286 g/mol. The van der Waals surface area contributed by atoms with Crippen molar-refractivity contribution in [3.05, 3.63) is 66.2 Å². The van der Waals surface area contributed by atoms with E-state index < -0.39 is 18.2 Å². The number of nitrogens with zero attached hydrogens (tertiary/aromatic N) is 1. The molecule has 0 aliphatic heterocycles. The molecule has 0 fully saturated rings. The van der Waals surface area contributed by atoms with E-state index in [4.69, 9.17) is 0 Å². The molecule has 0 bridgehead atoms. The number of benzene rings is 1. The van der Waals surface area contributed by atoms with Crippen LogP contribution in [-0.4, -0.2) is 17.2 Å². The predicted octanol–water partition coefficient (Wildman–Crippen LogP) is 3.16. The number of halogens is 4. The highest BCUT2D eigenvalue weighted by molar-refractivity contribution is 5.94. The Morgan fingerprint density at radius 2 is 1.60 bits per heavy atom. The molecule has 7 heteroatoms. The minimum Gasteiger partial charge on any atom is -0.269 e. The van der Waals surface area contributed by atoms with Gasteiger partial charge in [-0.15, -0.1) is 0 Å². The van der Waals surface area contributed by atoms with Gasteiger partial charge in [0.25, 0.3) is 5.91 Å². The van der Waals surface area contributed by atoms with Gasteiger partial charge in [-0.1, -0.05) is 24.3 Å². The van der Waals surface area contributed by atoms with E-state index in [2.05, 4.69) is 4.98 Å². The van der Waals surface area contributed by atoms with Gasteiger partial charge in [-0.05, 0) is 24.3 Å². The topological polar surface area (TPSA) is 42.0 Å². The number of rotatable bonds is 1. The van der Waals surface area contributed by atoms with Crippen LogP contribution in [0.1, 0.15) is 10.4 Å². The predicted molar refractivity (Wildman–Crippen MR) is 64.2 cm³/mol. The maximum absolute atomic E-state index is 11.8.